The van der Waals surface area contributed by atoms with Crippen LogP contribution in [0.15, 0.2) is 82.6 Å². The molecule has 5 nitrogen and oxygen atoms in total. The van der Waals surface area contributed by atoms with E-state index in [4.69, 9.17) is 0 Å². The Morgan fingerprint density at radius 2 is 1.48 bits per heavy atom. The molecule has 0 aliphatic carbocycles. The Labute approximate surface area is 173 Å². The standard InChI is InChI=1S/C23H19N3O2S/c27-22-10-5-15-25(22)17-13-11-16(12-14-17)24-23(28)26-18-6-1-3-8-20(18)29-21-9-4-2-7-19(21)26/h1-4,6-9,11-14H,5,10,15H2,(H,24,28). The summed E-state index contributed by atoms with van der Waals surface area (Å²) in [6, 6.07) is 23.0. The molecule has 0 bridgehead atoms. The first kappa shape index (κ1) is 17.8. The van der Waals surface area contributed by atoms with Crippen molar-refractivity contribution in [3.8, 4) is 0 Å². The highest BCUT2D eigenvalue weighted by Crippen LogP contribution is 2.48. The molecule has 0 unspecified atom stereocenters. The van der Waals surface area contributed by atoms with Crippen LogP contribution in [-0.2, 0) is 4.79 Å². The highest BCUT2D eigenvalue weighted by Gasteiger charge is 2.28. The summed E-state index contributed by atoms with van der Waals surface area (Å²) in [5.74, 6) is 0.154. The Morgan fingerprint density at radius 1 is 0.862 bits per heavy atom. The van der Waals surface area contributed by atoms with Crippen molar-refractivity contribution in [3.63, 3.8) is 0 Å². The van der Waals surface area contributed by atoms with Gasteiger partial charge in [0.15, 0.2) is 0 Å². The molecule has 3 aromatic rings. The number of para-hydroxylation sites is 2. The SMILES string of the molecule is O=C1CCCN1c1ccc(NC(=O)N2c3ccccc3Sc3ccccc32)cc1. The van der Waals surface area contributed by atoms with Crippen molar-refractivity contribution in [2.75, 3.05) is 21.7 Å². The van der Waals surface area contributed by atoms with Gasteiger partial charge in [-0.3, -0.25) is 9.69 Å². The number of fused-ring (bicyclic) bond motifs is 2. The normalized spacial score (nSPS) is 15.1. The number of benzene rings is 3. The molecule has 144 valence electrons. The zero-order valence-electron chi connectivity index (χ0n) is 15.7. The molecule has 1 fully saturated rings. The molecule has 0 radical (unpaired) electrons. The lowest BCUT2D eigenvalue weighted by Crippen LogP contribution is -2.32. The molecule has 2 heterocycles. The smallest absolute Gasteiger partial charge is 0.312 e. The van der Waals surface area contributed by atoms with E-state index in [1.807, 2.05) is 72.8 Å². The minimum atomic E-state index is -0.213. The molecular weight excluding hydrogens is 382 g/mol. The average molecular weight is 401 g/mol. The van der Waals surface area contributed by atoms with Gasteiger partial charge in [-0.15, -0.1) is 0 Å². The van der Waals surface area contributed by atoms with Crippen LogP contribution in [0, 0.1) is 0 Å². The van der Waals surface area contributed by atoms with Gasteiger partial charge in [0.25, 0.3) is 0 Å². The van der Waals surface area contributed by atoms with Crippen molar-refractivity contribution in [2.45, 2.75) is 22.6 Å². The van der Waals surface area contributed by atoms with E-state index in [1.165, 1.54) is 0 Å². The van der Waals surface area contributed by atoms with Gasteiger partial charge in [-0.05, 0) is 55.0 Å². The number of carbonyl (C=O) groups is 2. The maximum atomic E-state index is 13.2. The topological polar surface area (TPSA) is 52.7 Å². The van der Waals surface area contributed by atoms with Gasteiger partial charge in [-0.25, -0.2) is 4.79 Å². The first-order valence-corrected chi connectivity index (χ1v) is 10.4. The Bertz CT molecular complexity index is 1050. The number of hydrogen-bond acceptors (Lipinski definition) is 3. The van der Waals surface area contributed by atoms with Gasteiger partial charge >= 0.3 is 6.03 Å². The zero-order chi connectivity index (χ0) is 19.8. The first-order valence-electron chi connectivity index (χ1n) is 9.58. The van der Waals surface area contributed by atoms with Crippen molar-refractivity contribution in [2.24, 2.45) is 0 Å². The number of hydrogen-bond donors (Lipinski definition) is 1. The summed E-state index contributed by atoms with van der Waals surface area (Å²) >= 11 is 1.67. The van der Waals surface area contributed by atoms with Crippen molar-refractivity contribution >= 4 is 46.4 Å². The third-order valence-electron chi connectivity index (χ3n) is 5.14. The van der Waals surface area contributed by atoms with E-state index in [2.05, 4.69) is 5.32 Å². The highest BCUT2D eigenvalue weighted by atomic mass is 32.2. The van der Waals surface area contributed by atoms with Gasteiger partial charge in [0.2, 0.25) is 5.91 Å². The molecular formula is C23H19N3O2S. The highest BCUT2D eigenvalue weighted by molar-refractivity contribution is 7.99. The van der Waals surface area contributed by atoms with Gasteiger partial charge in [-0.2, -0.15) is 0 Å². The fraction of sp³-hybridized carbons (Fsp3) is 0.130. The van der Waals surface area contributed by atoms with Crippen LogP contribution >= 0.6 is 11.8 Å². The number of nitrogens with zero attached hydrogens (tertiary/aromatic N) is 2. The van der Waals surface area contributed by atoms with Crippen molar-refractivity contribution in [3.05, 3.63) is 72.8 Å². The second-order valence-electron chi connectivity index (χ2n) is 7.00. The molecule has 5 rings (SSSR count). The van der Waals surface area contributed by atoms with Crippen LogP contribution in [0.5, 0.6) is 0 Å². The molecule has 3 amide bonds. The summed E-state index contributed by atoms with van der Waals surface area (Å²) in [6.07, 6.45) is 1.49. The maximum absolute atomic E-state index is 13.2. The third kappa shape index (κ3) is 3.25. The molecule has 0 aromatic heterocycles. The summed E-state index contributed by atoms with van der Waals surface area (Å²) in [5.41, 5.74) is 3.30. The number of nitrogens with one attached hydrogen (secondary N) is 1. The van der Waals surface area contributed by atoms with E-state index >= 15 is 0 Å². The molecule has 0 spiro atoms. The monoisotopic (exact) mass is 401 g/mol. The summed E-state index contributed by atoms with van der Waals surface area (Å²) in [6.45, 7) is 0.754. The van der Waals surface area contributed by atoms with Crippen molar-refractivity contribution in [1.29, 1.82) is 0 Å². The Balaban J connectivity index is 1.42. The quantitative estimate of drug-likeness (QED) is 0.604. The van der Waals surface area contributed by atoms with Crippen LogP contribution in [0.3, 0.4) is 0 Å². The summed E-state index contributed by atoms with van der Waals surface area (Å²) in [7, 11) is 0. The van der Waals surface area contributed by atoms with Crippen LogP contribution in [0.2, 0.25) is 0 Å². The molecule has 6 heteroatoms. The van der Waals surface area contributed by atoms with Gasteiger partial charge in [0.05, 0.1) is 11.4 Å². The second-order valence-corrected chi connectivity index (χ2v) is 8.08. The largest absolute Gasteiger partial charge is 0.331 e. The molecule has 0 atom stereocenters. The van der Waals surface area contributed by atoms with Gasteiger partial charge in [0.1, 0.15) is 0 Å². The molecule has 3 aromatic carbocycles. The number of rotatable bonds is 2. The number of carbonyl (C=O) groups excluding carboxylic acids is 2. The van der Waals surface area contributed by atoms with Crippen LogP contribution in [0.4, 0.5) is 27.5 Å². The fourth-order valence-electron chi connectivity index (χ4n) is 3.75. The summed E-state index contributed by atoms with van der Waals surface area (Å²) in [4.78, 5) is 30.8. The predicted octanol–water partition coefficient (Wildman–Crippen LogP) is 5.65. The zero-order valence-corrected chi connectivity index (χ0v) is 16.5. The molecule has 2 aliphatic rings. The van der Waals surface area contributed by atoms with E-state index in [-0.39, 0.29) is 11.9 Å². The number of urea groups is 1. The molecule has 29 heavy (non-hydrogen) atoms. The van der Waals surface area contributed by atoms with Crippen LogP contribution in [0.1, 0.15) is 12.8 Å². The van der Waals surface area contributed by atoms with Crippen LogP contribution in [0.25, 0.3) is 0 Å². The van der Waals surface area contributed by atoms with Crippen LogP contribution in [-0.4, -0.2) is 18.5 Å². The lowest BCUT2D eigenvalue weighted by atomic mass is 10.2. The van der Waals surface area contributed by atoms with E-state index in [0.717, 1.165) is 39.8 Å². The van der Waals surface area contributed by atoms with E-state index in [0.29, 0.717) is 12.1 Å². The third-order valence-corrected chi connectivity index (χ3v) is 6.27. The Morgan fingerprint density at radius 3 is 2.07 bits per heavy atom. The van der Waals surface area contributed by atoms with Crippen molar-refractivity contribution < 1.29 is 9.59 Å². The van der Waals surface area contributed by atoms with Gasteiger partial charge in [0, 0.05) is 34.1 Å². The lowest BCUT2D eigenvalue weighted by molar-refractivity contribution is -0.117. The number of amides is 3. The minimum Gasteiger partial charge on any atom is -0.312 e. The Kier molecular flexibility index (Phi) is 4.48. The molecule has 1 saturated heterocycles. The summed E-state index contributed by atoms with van der Waals surface area (Å²) in [5, 5.41) is 3.00. The fourth-order valence-corrected chi connectivity index (χ4v) is 4.81. The first-order chi connectivity index (χ1) is 14.2. The summed E-state index contributed by atoms with van der Waals surface area (Å²) < 4.78 is 0. The molecule has 0 saturated carbocycles. The molecule has 2 aliphatic heterocycles. The average Bonchev–Trinajstić information content (AvgIpc) is 3.18. The van der Waals surface area contributed by atoms with Gasteiger partial charge in [-0.1, -0.05) is 36.0 Å². The van der Waals surface area contributed by atoms with E-state index in [9.17, 15) is 9.59 Å². The maximum Gasteiger partial charge on any atom is 0.331 e. The van der Waals surface area contributed by atoms with E-state index in [1.54, 1.807) is 21.6 Å². The van der Waals surface area contributed by atoms with Crippen LogP contribution < -0.4 is 15.1 Å². The number of anilines is 4. The van der Waals surface area contributed by atoms with E-state index < -0.39 is 0 Å². The lowest BCUT2D eigenvalue weighted by Gasteiger charge is -2.31. The van der Waals surface area contributed by atoms with Crippen molar-refractivity contribution in [1.82, 2.24) is 0 Å². The predicted molar refractivity (Wildman–Crippen MR) is 116 cm³/mol. The molecule has 1 N–H and O–H groups in total. The second kappa shape index (κ2) is 7.29. The Hall–Kier alpha value is -3.25. The minimum absolute atomic E-state index is 0.154. The van der Waals surface area contributed by atoms with Gasteiger partial charge < -0.3 is 10.2 Å².